The minimum absolute atomic E-state index is 0.0805. The molecule has 164 valence electrons. The molecule has 2 unspecified atom stereocenters. The molecule has 6 heteroatoms. The fraction of sp³-hybridized carbons (Fsp3) is 0.400. The van der Waals surface area contributed by atoms with Crippen molar-refractivity contribution in [3.63, 3.8) is 0 Å². The molecule has 2 heterocycles. The first-order chi connectivity index (χ1) is 15.2. The van der Waals surface area contributed by atoms with Crippen LogP contribution in [0.2, 0.25) is 0 Å². The van der Waals surface area contributed by atoms with E-state index in [-0.39, 0.29) is 17.8 Å². The average Bonchev–Trinajstić information content (AvgIpc) is 3.12. The van der Waals surface area contributed by atoms with Crippen LogP contribution in [0.3, 0.4) is 0 Å². The minimum atomic E-state index is 0.0805. The minimum Gasteiger partial charge on any atom is -0.495 e. The number of hydrogen-bond acceptors (Lipinski definition) is 6. The number of nitrogens with one attached hydrogen (secondary N) is 2. The molecule has 2 atom stereocenters. The summed E-state index contributed by atoms with van der Waals surface area (Å²) in [6.07, 6.45) is 9.27. The Labute approximate surface area is 184 Å². The van der Waals surface area contributed by atoms with Crippen LogP contribution >= 0.6 is 0 Å². The van der Waals surface area contributed by atoms with E-state index in [4.69, 9.17) is 9.72 Å². The number of aromatic nitrogens is 1. The van der Waals surface area contributed by atoms with Crippen LogP contribution in [0.25, 0.3) is 16.5 Å². The zero-order chi connectivity index (χ0) is 21.6. The van der Waals surface area contributed by atoms with Crippen molar-refractivity contribution in [1.82, 2.24) is 15.2 Å². The monoisotopic (exact) mass is 420 g/mol. The first-order valence-corrected chi connectivity index (χ1v) is 11.1. The van der Waals surface area contributed by atoms with Gasteiger partial charge in [-0.25, -0.2) is 4.98 Å². The van der Waals surface area contributed by atoms with Gasteiger partial charge in [0.2, 0.25) is 0 Å². The topological polar surface area (TPSA) is 69.7 Å². The van der Waals surface area contributed by atoms with Crippen molar-refractivity contribution in [1.29, 1.82) is 0 Å². The number of para-hydroxylation sites is 1. The Balaban J connectivity index is 1.49. The molecule has 3 N–H and O–H groups in total. The van der Waals surface area contributed by atoms with Crippen LogP contribution in [-0.4, -0.2) is 60.9 Å². The maximum atomic E-state index is 10.6. The number of rotatable bonds is 10. The second-order valence-corrected chi connectivity index (χ2v) is 8.08. The number of ether oxygens (including phenoxy) is 1. The first kappa shape index (κ1) is 21.4. The number of hydrogen-bond donors (Lipinski definition) is 3. The largest absolute Gasteiger partial charge is 0.495 e. The normalized spacial score (nSPS) is 19.8. The van der Waals surface area contributed by atoms with E-state index in [9.17, 15) is 5.11 Å². The first-order valence-electron chi connectivity index (χ1n) is 11.1. The summed E-state index contributed by atoms with van der Waals surface area (Å²) in [5.41, 5.74) is 3.65. The van der Waals surface area contributed by atoms with Gasteiger partial charge in [-0.05, 0) is 39.1 Å². The molecule has 2 aliphatic rings. The van der Waals surface area contributed by atoms with Crippen LogP contribution in [-0.2, 0) is 4.74 Å². The molecule has 1 aliphatic heterocycles. The Kier molecular flexibility index (Phi) is 6.89. The van der Waals surface area contributed by atoms with Gasteiger partial charge in [-0.2, -0.15) is 0 Å². The molecule has 0 bridgehead atoms. The van der Waals surface area contributed by atoms with E-state index >= 15 is 0 Å². The van der Waals surface area contributed by atoms with Gasteiger partial charge in [-0.1, -0.05) is 42.5 Å². The smallest absolute Gasteiger partial charge is 0.190 e. The molecule has 4 rings (SSSR count). The number of aliphatic hydroxyl groups excluding tert-OH is 1. The predicted molar refractivity (Wildman–Crippen MR) is 127 cm³/mol. The lowest BCUT2D eigenvalue weighted by atomic mass is 9.89. The Morgan fingerprint density at radius 2 is 2.03 bits per heavy atom. The van der Waals surface area contributed by atoms with E-state index in [0.717, 1.165) is 67.1 Å². The Bertz CT molecular complexity index is 998. The summed E-state index contributed by atoms with van der Waals surface area (Å²) in [5.74, 6) is 0.307. The summed E-state index contributed by atoms with van der Waals surface area (Å²) >= 11 is 0. The molecule has 0 saturated heterocycles. The summed E-state index contributed by atoms with van der Waals surface area (Å²) in [4.78, 5) is 7.17. The summed E-state index contributed by atoms with van der Waals surface area (Å²) in [5, 5.41) is 18.5. The molecule has 1 aromatic heterocycles. The number of anilines is 1. The molecule has 1 aromatic carbocycles. The lowest BCUT2D eigenvalue weighted by molar-refractivity contribution is 0.122. The number of pyridine rings is 1. The van der Waals surface area contributed by atoms with Gasteiger partial charge in [-0.3, -0.25) is 0 Å². The third-order valence-electron chi connectivity index (χ3n) is 5.87. The zero-order valence-electron chi connectivity index (χ0n) is 18.3. The van der Waals surface area contributed by atoms with Crippen molar-refractivity contribution < 1.29 is 9.84 Å². The molecule has 0 radical (unpaired) electrons. The van der Waals surface area contributed by atoms with Gasteiger partial charge in [0.15, 0.2) is 5.88 Å². The van der Waals surface area contributed by atoms with Crippen molar-refractivity contribution in [2.45, 2.75) is 19.4 Å². The molecule has 0 saturated carbocycles. The SMILES string of the molecule is CCOCCN(C)CCCNc1cc(C2=C(O)NC3C=CC=CC23)nc2ccccc12. The Morgan fingerprint density at radius 3 is 2.90 bits per heavy atom. The van der Waals surface area contributed by atoms with Crippen LogP contribution in [0.15, 0.2) is 60.5 Å². The summed E-state index contributed by atoms with van der Waals surface area (Å²) in [6, 6.07) is 10.3. The van der Waals surface area contributed by atoms with Crippen molar-refractivity contribution in [2.75, 3.05) is 45.2 Å². The highest BCUT2D eigenvalue weighted by Crippen LogP contribution is 2.37. The second-order valence-electron chi connectivity index (χ2n) is 8.08. The molecular formula is C25H32N4O2. The average molecular weight is 421 g/mol. The van der Waals surface area contributed by atoms with Gasteiger partial charge in [0.05, 0.1) is 23.9 Å². The highest BCUT2D eigenvalue weighted by molar-refractivity contribution is 5.93. The third kappa shape index (κ3) is 4.92. The molecule has 0 fully saturated rings. The number of nitrogens with zero attached hydrogens (tertiary/aromatic N) is 2. The number of likely N-dealkylation sites (N-methyl/N-ethyl adjacent to an activating group) is 1. The molecular weight excluding hydrogens is 388 g/mol. The fourth-order valence-electron chi connectivity index (χ4n) is 4.21. The summed E-state index contributed by atoms with van der Waals surface area (Å²) < 4.78 is 5.43. The van der Waals surface area contributed by atoms with Crippen LogP contribution in [0.5, 0.6) is 0 Å². The van der Waals surface area contributed by atoms with E-state index in [0.29, 0.717) is 0 Å². The third-order valence-corrected chi connectivity index (χ3v) is 5.87. The molecule has 0 spiro atoms. The van der Waals surface area contributed by atoms with E-state index in [1.165, 1.54) is 0 Å². The van der Waals surface area contributed by atoms with Gasteiger partial charge in [0, 0.05) is 42.3 Å². The van der Waals surface area contributed by atoms with Crippen molar-refractivity contribution >= 4 is 22.2 Å². The molecule has 31 heavy (non-hydrogen) atoms. The van der Waals surface area contributed by atoms with Gasteiger partial charge in [0.1, 0.15) is 0 Å². The Morgan fingerprint density at radius 1 is 1.19 bits per heavy atom. The number of benzene rings is 1. The highest BCUT2D eigenvalue weighted by atomic mass is 16.5. The van der Waals surface area contributed by atoms with Crippen LogP contribution < -0.4 is 10.6 Å². The van der Waals surface area contributed by atoms with E-state index in [2.05, 4.69) is 46.9 Å². The maximum absolute atomic E-state index is 10.6. The Hall–Kier alpha value is -2.83. The van der Waals surface area contributed by atoms with Gasteiger partial charge in [-0.15, -0.1) is 0 Å². The maximum Gasteiger partial charge on any atom is 0.190 e. The lowest BCUT2D eigenvalue weighted by Gasteiger charge is -2.19. The van der Waals surface area contributed by atoms with E-state index in [1.807, 2.05) is 37.3 Å². The van der Waals surface area contributed by atoms with Crippen molar-refractivity contribution in [3.05, 3.63) is 66.2 Å². The number of fused-ring (bicyclic) bond motifs is 2. The quantitative estimate of drug-likeness (QED) is 0.506. The van der Waals surface area contributed by atoms with Crippen LogP contribution in [0.1, 0.15) is 19.0 Å². The van der Waals surface area contributed by atoms with Crippen LogP contribution in [0.4, 0.5) is 5.69 Å². The standard InChI is InChI=1S/C25H32N4O2/c1-3-31-16-15-29(2)14-8-13-26-22-17-23(27-20-11-6-4-9-18(20)22)24-19-10-5-7-12-21(19)28-25(24)30/h4-7,9-12,17,19,21,28,30H,3,8,13-16H2,1-2H3,(H,26,27). The molecule has 1 aliphatic carbocycles. The van der Waals surface area contributed by atoms with E-state index < -0.39 is 0 Å². The molecule has 0 amide bonds. The second kappa shape index (κ2) is 9.98. The summed E-state index contributed by atoms with van der Waals surface area (Å²) in [6.45, 7) is 6.38. The fourth-order valence-corrected chi connectivity index (χ4v) is 4.21. The van der Waals surface area contributed by atoms with E-state index in [1.54, 1.807) is 0 Å². The van der Waals surface area contributed by atoms with Crippen molar-refractivity contribution in [2.24, 2.45) is 5.92 Å². The zero-order valence-corrected chi connectivity index (χ0v) is 18.3. The molecule has 6 nitrogen and oxygen atoms in total. The number of allylic oxidation sites excluding steroid dienone is 2. The predicted octanol–water partition coefficient (Wildman–Crippen LogP) is 3.95. The molecule has 2 aromatic rings. The van der Waals surface area contributed by atoms with Gasteiger partial charge in [0.25, 0.3) is 0 Å². The van der Waals surface area contributed by atoms with Gasteiger partial charge < -0.3 is 25.4 Å². The lowest BCUT2D eigenvalue weighted by Crippen LogP contribution is -2.26. The number of aliphatic hydroxyl groups is 1. The highest BCUT2D eigenvalue weighted by Gasteiger charge is 2.34. The van der Waals surface area contributed by atoms with Crippen molar-refractivity contribution in [3.8, 4) is 0 Å². The van der Waals surface area contributed by atoms with Crippen LogP contribution in [0, 0.1) is 5.92 Å². The summed E-state index contributed by atoms with van der Waals surface area (Å²) in [7, 11) is 2.13. The van der Waals surface area contributed by atoms with Gasteiger partial charge >= 0.3 is 0 Å².